The summed E-state index contributed by atoms with van der Waals surface area (Å²) in [6.45, 7) is 0.541. The molecule has 1 fully saturated rings. The standard InChI is InChI=1S/C15H21Cl2NO2/c16-12-6-11(8-18)15(14(17)7-12)20-9-13(19)5-10-3-1-2-4-10/h6-7,10,13,19H,1-5,8-9,18H2. The fourth-order valence-corrected chi connectivity index (χ4v) is 3.40. The van der Waals surface area contributed by atoms with Gasteiger partial charge in [-0.1, -0.05) is 48.9 Å². The molecule has 1 unspecified atom stereocenters. The van der Waals surface area contributed by atoms with Crippen molar-refractivity contribution in [3.8, 4) is 5.75 Å². The monoisotopic (exact) mass is 317 g/mol. The van der Waals surface area contributed by atoms with Crippen molar-refractivity contribution in [2.24, 2.45) is 11.7 Å². The second-order valence-corrected chi connectivity index (χ2v) is 6.27. The van der Waals surface area contributed by atoms with E-state index in [0.29, 0.717) is 28.3 Å². The topological polar surface area (TPSA) is 55.5 Å². The van der Waals surface area contributed by atoms with E-state index >= 15 is 0 Å². The van der Waals surface area contributed by atoms with Gasteiger partial charge in [-0.15, -0.1) is 0 Å². The van der Waals surface area contributed by atoms with Gasteiger partial charge in [0.05, 0.1) is 11.1 Å². The largest absolute Gasteiger partial charge is 0.489 e. The van der Waals surface area contributed by atoms with E-state index in [0.717, 1.165) is 12.0 Å². The maximum Gasteiger partial charge on any atom is 0.142 e. The van der Waals surface area contributed by atoms with Crippen LogP contribution in [0.4, 0.5) is 0 Å². The molecule has 0 bridgehead atoms. The van der Waals surface area contributed by atoms with Gasteiger partial charge in [-0.05, 0) is 24.5 Å². The van der Waals surface area contributed by atoms with Gasteiger partial charge in [0.1, 0.15) is 12.4 Å². The van der Waals surface area contributed by atoms with Crippen LogP contribution in [0.3, 0.4) is 0 Å². The Hall–Kier alpha value is -0.480. The van der Waals surface area contributed by atoms with E-state index in [2.05, 4.69) is 0 Å². The lowest BCUT2D eigenvalue weighted by molar-refractivity contribution is 0.0851. The van der Waals surface area contributed by atoms with Gasteiger partial charge in [0.15, 0.2) is 0 Å². The number of hydrogen-bond donors (Lipinski definition) is 2. The fraction of sp³-hybridized carbons (Fsp3) is 0.600. The molecular formula is C15H21Cl2NO2. The summed E-state index contributed by atoms with van der Waals surface area (Å²) in [5.74, 6) is 1.16. The van der Waals surface area contributed by atoms with Crippen molar-refractivity contribution in [1.82, 2.24) is 0 Å². The van der Waals surface area contributed by atoms with Crippen LogP contribution in [0.5, 0.6) is 5.75 Å². The first-order valence-electron chi connectivity index (χ1n) is 7.09. The molecule has 1 saturated carbocycles. The molecule has 5 heteroatoms. The first-order chi connectivity index (χ1) is 9.60. The Kier molecular flexibility index (Phi) is 5.97. The molecule has 0 radical (unpaired) electrons. The molecule has 3 N–H and O–H groups in total. The Morgan fingerprint density at radius 3 is 2.65 bits per heavy atom. The first kappa shape index (κ1) is 15.9. The van der Waals surface area contributed by atoms with Crippen LogP contribution in [-0.4, -0.2) is 17.8 Å². The van der Waals surface area contributed by atoms with Gasteiger partial charge in [0.25, 0.3) is 0 Å². The number of benzene rings is 1. The highest BCUT2D eigenvalue weighted by Crippen LogP contribution is 2.33. The number of ether oxygens (including phenoxy) is 1. The zero-order valence-electron chi connectivity index (χ0n) is 11.4. The quantitative estimate of drug-likeness (QED) is 0.839. The summed E-state index contributed by atoms with van der Waals surface area (Å²) in [4.78, 5) is 0. The van der Waals surface area contributed by atoms with Crippen molar-refractivity contribution in [2.45, 2.75) is 44.8 Å². The van der Waals surface area contributed by atoms with Gasteiger partial charge in [-0.2, -0.15) is 0 Å². The third kappa shape index (κ3) is 4.26. The van der Waals surface area contributed by atoms with Gasteiger partial charge in [0, 0.05) is 17.1 Å². The van der Waals surface area contributed by atoms with Crippen molar-refractivity contribution < 1.29 is 9.84 Å². The molecular weight excluding hydrogens is 297 g/mol. The predicted octanol–water partition coefficient (Wildman–Crippen LogP) is 3.77. The maximum atomic E-state index is 10.1. The van der Waals surface area contributed by atoms with E-state index in [-0.39, 0.29) is 6.61 Å². The van der Waals surface area contributed by atoms with Crippen LogP contribution in [0.15, 0.2) is 12.1 Å². The van der Waals surface area contributed by atoms with E-state index in [9.17, 15) is 5.11 Å². The third-order valence-electron chi connectivity index (χ3n) is 3.81. The normalized spacial score (nSPS) is 17.4. The van der Waals surface area contributed by atoms with E-state index in [1.165, 1.54) is 25.7 Å². The number of rotatable bonds is 6. The minimum atomic E-state index is -0.463. The minimum Gasteiger partial charge on any atom is -0.489 e. The van der Waals surface area contributed by atoms with Crippen LogP contribution in [0.2, 0.25) is 10.0 Å². The predicted molar refractivity (Wildman–Crippen MR) is 82.4 cm³/mol. The molecule has 1 aromatic rings. The highest BCUT2D eigenvalue weighted by atomic mass is 35.5. The minimum absolute atomic E-state index is 0.241. The molecule has 2 rings (SSSR count). The van der Waals surface area contributed by atoms with E-state index in [4.69, 9.17) is 33.7 Å². The fourth-order valence-electron chi connectivity index (χ4n) is 2.81. The van der Waals surface area contributed by atoms with Crippen LogP contribution in [-0.2, 0) is 6.54 Å². The number of aliphatic hydroxyl groups is 1. The van der Waals surface area contributed by atoms with Crippen LogP contribution in [0.1, 0.15) is 37.7 Å². The van der Waals surface area contributed by atoms with E-state index < -0.39 is 6.10 Å². The van der Waals surface area contributed by atoms with Crippen molar-refractivity contribution in [3.05, 3.63) is 27.7 Å². The summed E-state index contributed by atoms with van der Waals surface area (Å²) < 4.78 is 5.67. The molecule has 0 amide bonds. The highest BCUT2D eigenvalue weighted by Gasteiger charge is 2.20. The number of hydrogen-bond acceptors (Lipinski definition) is 3. The zero-order valence-corrected chi connectivity index (χ0v) is 13.0. The average Bonchev–Trinajstić information content (AvgIpc) is 2.89. The van der Waals surface area contributed by atoms with Crippen molar-refractivity contribution in [1.29, 1.82) is 0 Å². The van der Waals surface area contributed by atoms with Gasteiger partial charge < -0.3 is 15.6 Å². The number of aliphatic hydroxyl groups excluding tert-OH is 1. The Balaban J connectivity index is 1.92. The summed E-state index contributed by atoms with van der Waals surface area (Å²) >= 11 is 12.1. The third-order valence-corrected chi connectivity index (χ3v) is 4.30. The summed E-state index contributed by atoms with van der Waals surface area (Å²) in [6.07, 6.45) is 5.32. The summed E-state index contributed by atoms with van der Waals surface area (Å²) in [6, 6.07) is 3.37. The lowest BCUT2D eigenvalue weighted by Gasteiger charge is -2.18. The molecule has 0 heterocycles. The van der Waals surface area contributed by atoms with Crippen molar-refractivity contribution in [2.75, 3.05) is 6.61 Å². The second kappa shape index (κ2) is 7.51. The molecule has 0 spiro atoms. The maximum absolute atomic E-state index is 10.1. The Morgan fingerprint density at radius 1 is 1.30 bits per heavy atom. The molecule has 1 aromatic carbocycles. The van der Waals surface area contributed by atoms with Crippen LogP contribution in [0.25, 0.3) is 0 Å². The molecule has 20 heavy (non-hydrogen) atoms. The van der Waals surface area contributed by atoms with Gasteiger partial charge in [0.2, 0.25) is 0 Å². The van der Waals surface area contributed by atoms with E-state index in [1.807, 2.05) is 0 Å². The van der Waals surface area contributed by atoms with Gasteiger partial charge >= 0.3 is 0 Å². The van der Waals surface area contributed by atoms with Crippen molar-refractivity contribution >= 4 is 23.2 Å². The van der Waals surface area contributed by atoms with E-state index in [1.54, 1.807) is 12.1 Å². The van der Waals surface area contributed by atoms with Crippen LogP contribution in [0, 0.1) is 5.92 Å². The highest BCUT2D eigenvalue weighted by molar-refractivity contribution is 6.35. The smallest absolute Gasteiger partial charge is 0.142 e. The van der Waals surface area contributed by atoms with Crippen LogP contribution >= 0.6 is 23.2 Å². The molecule has 0 saturated heterocycles. The Labute approximate surface area is 130 Å². The lowest BCUT2D eigenvalue weighted by Crippen LogP contribution is -2.21. The molecule has 0 aliphatic heterocycles. The van der Waals surface area contributed by atoms with Gasteiger partial charge in [-0.3, -0.25) is 0 Å². The SMILES string of the molecule is NCc1cc(Cl)cc(Cl)c1OCC(O)CC1CCCC1. The Bertz CT molecular complexity index is 448. The molecule has 1 atom stereocenters. The first-order valence-corrected chi connectivity index (χ1v) is 7.84. The molecule has 1 aliphatic carbocycles. The summed E-state index contributed by atoms with van der Waals surface area (Å²) in [5.41, 5.74) is 6.43. The molecule has 0 aromatic heterocycles. The van der Waals surface area contributed by atoms with Crippen molar-refractivity contribution in [3.63, 3.8) is 0 Å². The summed E-state index contributed by atoms with van der Waals surface area (Å²) in [5, 5.41) is 11.0. The second-order valence-electron chi connectivity index (χ2n) is 5.43. The average molecular weight is 318 g/mol. The summed E-state index contributed by atoms with van der Waals surface area (Å²) in [7, 11) is 0. The zero-order chi connectivity index (χ0) is 14.5. The molecule has 3 nitrogen and oxygen atoms in total. The molecule has 1 aliphatic rings. The number of nitrogens with two attached hydrogens (primary N) is 1. The lowest BCUT2D eigenvalue weighted by atomic mass is 10.0. The number of halogens is 2. The molecule has 112 valence electrons. The van der Waals surface area contributed by atoms with Crippen LogP contribution < -0.4 is 10.5 Å². The Morgan fingerprint density at radius 2 is 2.00 bits per heavy atom. The van der Waals surface area contributed by atoms with Gasteiger partial charge in [-0.25, -0.2) is 0 Å².